The van der Waals surface area contributed by atoms with Gasteiger partial charge < -0.3 is 14.3 Å². The van der Waals surface area contributed by atoms with Gasteiger partial charge in [-0.05, 0) is 50.6 Å². The first-order valence-electron chi connectivity index (χ1n) is 13.7. The number of aromatic nitrogens is 4. The van der Waals surface area contributed by atoms with Gasteiger partial charge >= 0.3 is 12.3 Å². The standard InChI is InChI=1S/C27H29F3N6O8S/c1-4-41-26(38)42-18(3)43-36-35(44-36)33-14-13-20(16-33)25(37)32-45(39,40)22-11-9-21(10-12-22)34-23(15-24(31-34)27(28,29)30)19-7-5-17(2)6-8-19/h5-12,15,18,20H,4,13-14,16H2,1-3H3,(H,32,37). The molecule has 1 fully saturated rings. The molecule has 5 rings (SSSR count). The topological polar surface area (TPSA) is 152 Å². The number of hydrogen-bond acceptors (Lipinski definition) is 10. The van der Waals surface area contributed by atoms with Gasteiger partial charge in [-0.25, -0.2) is 22.6 Å². The molecule has 0 aliphatic carbocycles. The van der Waals surface area contributed by atoms with Gasteiger partial charge in [0.05, 0.1) is 35.3 Å². The molecule has 1 saturated heterocycles. The summed E-state index contributed by atoms with van der Waals surface area (Å²) < 4.78 is 84.4. The number of sulfonamides is 1. The molecule has 2 unspecified atom stereocenters. The number of aryl methyl sites for hydroxylation is 1. The van der Waals surface area contributed by atoms with Gasteiger partial charge in [0, 0.05) is 24.0 Å². The van der Waals surface area contributed by atoms with Gasteiger partial charge in [-0.15, -0.1) is 0 Å². The molecule has 0 bridgehead atoms. The predicted octanol–water partition coefficient (Wildman–Crippen LogP) is 3.47. The van der Waals surface area contributed by atoms with Crippen LogP contribution in [0, 0.1) is 12.8 Å². The third-order valence-corrected chi connectivity index (χ3v) is 8.14. The second-order valence-corrected chi connectivity index (χ2v) is 11.8. The maximum atomic E-state index is 13.5. The zero-order valence-corrected chi connectivity index (χ0v) is 25.0. The average molecular weight is 655 g/mol. The highest BCUT2D eigenvalue weighted by atomic mass is 32.2. The van der Waals surface area contributed by atoms with E-state index in [0.717, 1.165) is 21.3 Å². The minimum absolute atomic E-state index is 0.0931. The molecule has 4 aromatic rings. The Kier molecular flexibility index (Phi) is 8.59. The van der Waals surface area contributed by atoms with Crippen molar-refractivity contribution in [2.75, 3.05) is 24.7 Å². The van der Waals surface area contributed by atoms with Crippen molar-refractivity contribution < 1.29 is 50.1 Å². The van der Waals surface area contributed by atoms with Gasteiger partial charge in [0.2, 0.25) is 5.91 Å². The van der Waals surface area contributed by atoms with E-state index in [2.05, 4.69) is 14.6 Å². The van der Waals surface area contributed by atoms with E-state index in [4.69, 9.17) is 14.2 Å². The number of rotatable bonds is 10. The number of alkyl halides is 3. The number of carbonyl (C=O) groups excluding carboxylic acids is 2. The van der Waals surface area contributed by atoms with Gasteiger partial charge in [0.25, 0.3) is 16.3 Å². The molecule has 0 saturated carbocycles. The van der Waals surface area contributed by atoms with E-state index in [1.807, 2.05) is 6.92 Å². The van der Waals surface area contributed by atoms with Crippen molar-refractivity contribution in [3.8, 4) is 16.9 Å². The molecule has 18 heteroatoms. The first-order valence-corrected chi connectivity index (χ1v) is 15.2. The van der Waals surface area contributed by atoms with Crippen LogP contribution < -0.4 is 14.6 Å². The Morgan fingerprint density at radius 3 is 2.47 bits per heavy atom. The Balaban J connectivity index is 1.23. The van der Waals surface area contributed by atoms with Crippen LogP contribution in [0.25, 0.3) is 16.9 Å². The Morgan fingerprint density at radius 1 is 1.13 bits per heavy atom. The van der Waals surface area contributed by atoms with Gasteiger partial charge in [-0.2, -0.15) is 22.9 Å². The fourth-order valence-corrected chi connectivity index (χ4v) is 5.54. The molecule has 2 atom stereocenters. The number of carbonyl (C=O) groups is 2. The van der Waals surface area contributed by atoms with Crippen molar-refractivity contribution in [3.63, 3.8) is 0 Å². The number of amides is 1. The highest BCUT2D eigenvalue weighted by Crippen LogP contribution is 2.33. The molecule has 1 aliphatic heterocycles. The first-order chi connectivity index (χ1) is 21.2. The van der Waals surface area contributed by atoms with Gasteiger partial charge in [-0.1, -0.05) is 29.8 Å². The van der Waals surface area contributed by atoms with Crippen molar-refractivity contribution in [1.82, 2.24) is 24.5 Å². The lowest BCUT2D eigenvalue weighted by Crippen LogP contribution is -2.38. The molecule has 2 aromatic heterocycles. The van der Waals surface area contributed by atoms with Crippen LogP contribution >= 0.6 is 0 Å². The van der Waals surface area contributed by atoms with Crippen molar-refractivity contribution in [1.29, 1.82) is 0 Å². The van der Waals surface area contributed by atoms with Crippen molar-refractivity contribution in [2.24, 2.45) is 5.92 Å². The highest BCUT2D eigenvalue weighted by Gasteiger charge is 2.37. The SMILES string of the molecule is CCOC(=O)OC(C)On1on1N1CCC(C(=O)NS(=O)(=O)c2ccc(-n3nc(C(F)(F)F)cc3-c3ccc(C)cc3)cc2)C1. The summed E-state index contributed by atoms with van der Waals surface area (Å²) in [5.41, 5.74) is 0.655. The van der Waals surface area contributed by atoms with E-state index in [0.29, 0.717) is 18.5 Å². The molecule has 1 amide bonds. The molecule has 0 radical (unpaired) electrons. The lowest BCUT2D eigenvalue weighted by molar-refractivity contribution is -0.141. The molecule has 2 aromatic carbocycles. The van der Waals surface area contributed by atoms with E-state index in [9.17, 15) is 31.2 Å². The van der Waals surface area contributed by atoms with Crippen LogP contribution in [0.15, 0.2) is 64.1 Å². The van der Waals surface area contributed by atoms with Gasteiger partial charge in [-0.3, -0.25) is 9.80 Å². The molecular weight excluding hydrogens is 625 g/mol. The smallest absolute Gasteiger partial charge is 0.435 e. The Morgan fingerprint density at radius 2 is 1.82 bits per heavy atom. The maximum Gasteiger partial charge on any atom is 0.511 e. The van der Waals surface area contributed by atoms with Crippen LogP contribution in [-0.2, 0) is 30.5 Å². The predicted molar refractivity (Wildman–Crippen MR) is 149 cm³/mol. The number of hydrogen-bond donors (Lipinski definition) is 1. The second-order valence-electron chi connectivity index (χ2n) is 10.1. The molecule has 3 heterocycles. The zero-order valence-electron chi connectivity index (χ0n) is 24.2. The van der Waals surface area contributed by atoms with E-state index >= 15 is 0 Å². The van der Waals surface area contributed by atoms with Crippen molar-refractivity contribution in [2.45, 2.75) is 44.6 Å². The fourth-order valence-electron chi connectivity index (χ4n) is 4.50. The molecule has 0 spiro atoms. The lowest BCUT2D eigenvalue weighted by Gasteiger charge is -2.13. The summed E-state index contributed by atoms with van der Waals surface area (Å²) in [7, 11) is -4.31. The Hall–Kier alpha value is -4.87. The maximum absolute atomic E-state index is 13.5. The van der Waals surface area contributed by atoms with Crippen LogP contribution in [0.3, 0.4) is 0 Å². The summed E-state index contributed by atoms with van der Waals surface area (Å²) in [6, 6.07) is 12.7. The highest BCUT2D eigenvalue weighted by molar-refractivity contribution is 7.90. The molecule has 1 N–H and O–H groups in total. The van der Waals surface area contributed by atoms with Gasteiger partial charge in [0.15, 0.2) is 5.69 Å². The largest absolute Gasteiger partial charge is 0.511 e. The molecule has 1 aliphatic rings. The molecule has 14 nitrogen and oxygen atoms in total. The van der Waals surface area contributed by atoms with Crippen LogP contribution in [0.1, 0.15) is 31.5 Å². The minimum Gasteiger partial charge on any atom is -0.435 e. The molecule has 242 valence electrons. The fraction of sp³-hybridized carbons (Fsp3) is 0.370. The molecular formula is C27H29F3N6O8S. The van der Waals surface area contributed by atoms with E-state index in [-0.39, 0.29) is 29.4 Å². The summed E-state index contributed by atoms with van der Waals surface area (Å²) in [6.07, 6.45) is -6.36. The summed E-state index contributed by atoms with van der Waals surface area (Å²) in [5.74, 6) is -1.47. The average Bonchev–Trinajstić information content (AvgIpc) is 3.34. The third kappa shape index (κ3) is 7.27. The monoisotopic (exact) mass is 654 g/mol. The number of halogens is 3. The normalized spacial score (nSPS) is 16.0. The minimum atomic E-state index is -4.70. The summed E-state index contributed by atoms with van der Waals surface area (Å²) in [4.78, 5) is 30.4. The van der Waals surface area contributed by atoms with Crippen LogP contribution in [0.4, 0.5) is 18.0 Å². The van der Waals surface area contributed by atoms with E-state index in [1.54, 1.807) is 36.2 Å². The van der Waals surface area contributed by atoms with Gasteiger partial charge in [0.1, 0.15) is 5.02 Å². The Labute approximate surface area is 254 Å². The third-order valence-electron chi connectivity index (χ3n) is 6.77. The van der Waals surface area contributed by atoms with Crippen LogP contribution in [0.5, 0.6) is 0 Å². The van der Waals surface area contributed by atoms with E-state index in [1.165, 1.54) is 36.2 Å². The number of nitrogens with zero attached hydrogens (tertiary/aromatic N) is 5. The molecule has 45 heavy (non-hydrogen) atoms. The number of benzene rings is 2. The van der Waals surface area contributed by atoms with Crippen LogP contribution in [-0.4, -0.2) is 66.2 Å². The van der Waals surface area contributed by atoms with Crippen LogP contribution in [0.2, 0.25) is 0 Å². The quantitative estimate of drug-likeness (QED) is 0.199. The number of nitrogens with one attached hydrogen (secondary N) is 1. The lowest BCUT2D eigenvalue weighted by atomic mass is 10.1. The summed E-state index contributed by atoms with van der Waals surface area (Å²) in [5, 5.41) is 6.22. The van der Waals surface area contributed by atoms with Crippen molar-refractivity contribution in [3.05, 3.63) is 65.9 Å². The first kappa shape index (κ1) is 31.6. The van der Waals surface area contributed by atoms with Crippen molar-refractivity contribution >= 4 is 22.1 Å². The summed E-state index contributed by atoms with van der Waals surface area (Å²) in [6.45, 7) is 5.45. The zero-order chi connectivity index (χ0) is 32.5. The summed E-state index contributed by atoms with van der Waals surface area (Å²) >= 11 is 0. The number of ether oxygens (including phenoxy) is 2. The Bertz CT molecular complexity index is 1760. The second kappa shape index (κ2) is 12.3. The van der Waals surface area contributed by atoms with E-state index < -0.39 is 46.2 Å².